The molecule has 0 saturated heterocycles. The minimum atomic E-state index is -1.20. The summed E-state index contributed by atoms with van der Waals surface area (Å²) in [6.45, 7) is 0. The Morgan fingerprint density at radius 1 is 1.47 bits per heavy atom. The van der Waals surface area contributed by atoms with Gasteiger partial charge >= 0.3 is 29.6 Å². The van der Waals surface area contributed by atoms with Crippen molar-refractivity contribution in [1.82, 2.24) is 8.75 Å². The molecule has 1 unspecified atom stereocenters. The number of aromatic nitrogens is 2. The van der Waals surface area contributed by atoms with E-state index in [9.17, 15) is 14.9 Å². The van der Waals surface area contributed by atoms with Crippen molar-refractivity contribution in [3.8, 4) is 6.07 Å². The Balaban J connectivity index is 0.00000180. The van der Waals surface area contributed by atoms with Crippen molar-refractivity contribution in [3.63, 3.8) is 0 Å². The molecule has 2 rings (SSSR count). The van der Waals surface area contributed by atoms with Crippen molar-refractivity contribution in [3.05, 3.63) is 27.8 Å². The molecule has 0 aliphatic carbocycles. The fourth-order valence-electron chi connectivity index (χ4n) is 1.54. The first-order valence-electron chi connectivity index (χ1n) is 4.64. The van der Waals surface area contributed by atoms with Gasteiger partial charge in [0.1, 0.15) is 5.52 Å². The topological polar surface area (TPSA) is 136 Å². The number of nitro benzene ring substituents is 1. The second-order valence-corrected chi connectivity index (χ2v) is 3.89. The van der Waals surface area contributed by atoms with Crippen LogP contribution in [0.25, 0.3) is 11.0 Å². The van der Waals surface area contributed by atoms with Crippen LogP contribution in [0.1, 0.15) is 11.5 Å². The number of nitrogens with zero attached hydrogens (tertiary/aromatic N) is 4. The van der Waals surface area contributed by atoms with E-state index in [-0.39, 0.29) is 51.8 Å². The van der Waals surface area contributed by atoms with Gasteiger partial charge in [0.25, 0.3) is 5.69 Å². The number of nitriles is 1. The first kappa shape index (κ1) is 15.5. The summed E-state index contributed by atoms with van der Waals surface area (Å²) in [6.07, 6.45) is 0. The number of primary amides is 1. The third kappa shape index (κ3) is 2.71. The van der Waals surface area contributed by atoms with Crippen molar-refractivity contribution in [2.75, 3.05) is 0 Å². The van der Waals surface area contributed by atoms with Crippen molar-refractivity contribution >= 4 is 63.9 Å². The van der Waals surface area contributed by atoms with Gasteiger partial charge in [0, 0.05) is 11.6 Å². The summed E-state index contributed by atoms with van der Waals surface area (Å²) in [4.78, 5) is 21.3. The Hall–Kier alpha value is -1.60. The molecule has 0 bridgehead atoms. The van der Waals surface area contributed by atoms with E-state index in [0.29, 0.717) is 0 Å². The van der Waals surface area contributed by atoms with Gasteiger partial charge in [-0.3, -0.25) is 14.9 Å². The molecule has 19 heavy (non-hydrogen) atoms. The molecule has 1 aromatic carbocycles. The number of carbonyl (C=O) groups excluding carboxylic acids is 1. The summed E-state index contributed by atoms with van der Waals surface area (Å²) in [5.74, 6) is -2.03. The first-order chi connectivity index (χ1) is 8.56. The monoisotopic (exact) mass is 287 g/mol. The Bertz CT molecular complexity index is 695. The zero-order valence-electron chi connectivity index (χ0n) is 8.73. The summed E-state index contributed by atoms with van der Waals surface area (Å²) < 4.78 is 7.68. The Labute approximate surface area is 133 Å². The number of nitrogens with two attached hydrogens (primary N) is 1. The van der Waals surface area contributed by atoms with Crippen LogP contribution in [0.3, 0.4) is 0 Å². The molecule has 1 atom stereocenters. The van der Waals surface area contributed by atoms with Crippen LogP contribution >= 0.6 is 11.7 Å². The van der Waals surface area contributed by atoms with Crippen LogP contribution in [0.2, 0.25) is 0 Å². The molecule has 2 N–H and O–H groups in total. The summed E-state index contributed by atoms with van der Waals surface area (Å²) in [7, 11) is 0. The molecule has 2 aromatic rings. The number of fused-ring (bicyclic) bond motifs is 1. The molecule has 1 heterocycles. The first-order valence-corrected chi connectivity index (χ1v) is 5.37. The van der Waals surface area contributed by atoms with Gasteiger partial charge in [-0.1, -0.05) is 0 Å². The SMILES string of the molecule is N#CC(C(N)=O)c1ccc([N+](=O)[O-])c2nsnc12.[NaH]. The fraction of sp³-hybridized carbons (Fsp3) is 0.111. The average Bonchev–Trinajstić information content (AvgIpc) is 2.78. The van der Waals surface area contributed by atoms with Gasteiger partial charge < -0.3 is 5.73 Å². The van der Waals surface area contributed by atoms with Gasteiger partial charge in [-0.25, -0.2) is 0 Å². The number of carbonyl (C=O) groups is 1. The molecular weight excluding hydrogens is 281 g/mol. The second-order valence-electron chi connectivity index (χ2n) is 3.36. The molecule has 0 aliphatic rings. The van der Waals surface area contributed by atoms with Crippen LogP contribution in [-0.4, -0.2) is 49.1 Å². The van der Waals surface area contributed by atoms with Gasteiger partial charge in [0.2, 0.25) is 5.91 Å². The molecule has 0 fully saturated rings. The summed E-state index contributed by atoms with van der Waals surface area (Å²) in [6, 6.07) is 4.23. The quantitative estimate of drug-likeness (QED) is 0.481. The van der Waals surface area contributed by atoms with E-state index in [2.05, 4.69) is 8.75 Å². The van der Waals surface area contributed by atoms with Crippen LogP contribution in [0, 0.1) is 21.4 Å². The molecule has 8 nitrogen and oxygen atoms in total. The van der Waals surface area contributed by atoms with E-state index in [4.69, 9.17) is 11.0 Å². The van der Waals surface area contributed by atoms with Gasteiger partial charge in [0.15, 0.2) is 11.4 Å². The van der Waals surface area contributed by atoms with Crippen molar-refractivity contribution in [2.24, 2.45) is 5.73 Å². The van der Waals surface area contributed by atoms with E-state index in [1.807, 2.05) is 0 Å². The Morgan fingerprint density at radius 3 is 2.63 bits per heavy atom. The summed E-state index contributed by atoms with van der Waals surface area (Å²) >= 11 is 0.772. The molecule has 92 valence electrons. The molecule has 0 saturated carbocycles. The number of hydrogen-bond donors (Lipinski definition) is 1. The normalized spacial score (nSPS) is 11.3. The van der Waals surface area contributed by atoms with Gasteiger partial charge in [-0.15, -0.1) is 0 Å². The van der Waals surface area contributed by atoms with E-state index >= 15 is 0 Å². The van der Waals surface area contributed by atoms with Crippen LogP contribution in [0.15, 0.2) is 12.1 Å². The molecule has 1 aromatic heterocycles. The van der Waals surface area contributed by atoms with Crippen molar-refractivity contribution in [2.45, 2.75) is 5.92 Å². The minimum absolute atomic E-state index is 0. The van der Waals surface area contributed by atoms with Crippen molar-refractivity contribution in [1.29, 1.82) is 5.26 Å². The molecule has 0 aliphatic heterocycles. The average molecular weight is 287 g/mol. The van der Waals surface area contributed by atoms with Gasteiger partial charge in [-0.2, -0.15) is 14.0 Å². The van der Waals surface area contributed by atoms with Crippen molar-refractivity contribution < 1.29 is 9.72 Å². The molecule has 0 spiro atoms. The number of nitro groups is 1. The zero-order valence-corrected chi connectivity index (χ0v) is 9.55. The third-order valence-electron chi connectivity index (χ3n) is 2.35. The zero-order chi connectivity index (χ0) is 13.3. The molecule has 1 amide bonds. The number of amides is 1. The van der Waals surface area contributed by atoms with Gasteiger partial charge in [-0.05, 0) is 6.07 Å². The maximum absolute atomic E-state index is 11.1. The van der Waals surface area contributed by atoms with Gasteiger partial charge in [0.05, 0.1) is 22.7 Å². The third-order valence-corrected chi connectivity index (χ3v) is 2.88. The standard InChI is InChI=1S/C9H5N5O3S.Na.H/c10-3-5(9(11)15)4-1-2-6(14(16)17)8-7(4)12-18-13-8;;/h1-2,5H,(H2,11,15);;. The van der Waals surface area contributed by atoms with E-state index in [1.165, 1.54) is 12.1 Å². The van der Waals surface area contributed by atoms with Crippen LogP contribution in [0.5, 0.6) is 0 Å². The number of rotatable bonds is 3. The predicted octanol–water partition coefficient (Wildman–Crippen LogP) is 0.0435. The van der Waals surface area contributed by atoms with Crippen LogP contribution < -0.4 is 5.73 Å². The second kappa shape index (κ2) is 6.03. The number of non-ortho nitro benzene ring substituents is 1. The van der Waals surface area contributed by atoms with E-state index in [0.717, 1.165) is 11.7 Å². The van der Waals surface area contributed by atoms with E-state index < -0.39 is 16.7 Å². The van der Waals surface area contributed by atoms with E-state index in [1.54, 1.807) is 6.07 Å². The summed E-state index contributed by atoms with van der Waals surface area (Å²) in [5.41, 5.74) is 5.34. The molecule has 0 radical (unpaired) electrons. The molecular formula is C9H6N5NaO3S. The number of benzene rings is 1. The Morgan fingerprint density at radius 2 is 2.11 bits per heavy atom. The molecule has 10 heteroatoms. The fourth-order valence-corrected chi connectivity index (χ4v) is 2.12. The predicted molar refractivity (Wildman–Crippen MR) is 68.8 cm³/mol. The van der Waals surface area contributed by atoms with Crippen LogP contribution in [0.4, 0.5) is 5.69 Å². The summed E-state index contributed by atoms with van der Waals surface area (Å²) in [5, 5.41) is 19.7. The number of hydrogen-bond acceptors (Lipinski definition) is 7. The van der Waals surface area contributed by atoms with Crippen LogP contribution in [-0.2, 0) is 4.79 Å². The maximum atomic E-state index is 11.1. The Kier molecular flexibility index (Phi) is 4.90.